The van der Waals surface area contributed by atoms with E-state index in [9.17, 15) is 23.2 Å². The van der Waals surface area contributed by atoms with E-state index in [0.717, 1.165) is 9.63 Å². The molecule has 4 rings (SSSR count). The molecule has 6 nitrogen and oxygen atoms in total. The number of ether oxygens (including phenoxy) is 1. The molecule has 1 saturated heterocycles. The SMILES string of the molecule is O=C(c1ccc(Cn2c(C(F)(F)F)nc3ccccc32)cc1)N(O)C1CCOCC1. The number of para-hydroxylation sites is 2. The Balaban J connectivity index is 1.56. The van der Waals surface area contributed by atoms with E-state index in [1.165, 1.54) is 18.2 Å². The van der Waals surface area contributed by atoms with Crippen LogP contribution in [0.4, 0.5) is 13.2 Å². The maximum absolute atomic E-state index is 13.5. The van der Waals surface area contributed by atoms with Gasteiger partial charge in [-0.25, -0.2) is 10.0 Å². The lowest BCUT2D eigenvalue weighted by molar-refractivity contribution is -0.146. The third-order valence-electron chi connectivity index (χ3n) is 5.19. The van der Waals surface area contributed by atoms with Gasteiger partial charge in [0.25, 0.3) is 5.91 Å². The number of amides is 1. The summed E-state index contributed by atoms with van der Waals surface area (Å²) >= 11 is 0. The number of hydroxylamine groups is 2. The Hall–Kier alpha value is -2.91. The number of aromatic nitrogens is 2. The van der Waals surface area contributed by atoms with Crippen LogP contribution in [0, 0.1) is 0 Å². The van der Waals surface area contributed by atoms with E-state index in [0.29, 0.717) is 37.1 Å². The van der Waals surface area contributed by atoms with Crippen molar-refractivity contribution in [3.05, 3.63) is 65.5 Å². The van der Waals surface area contributed by atoms with E-state index in [4.69, 9.17) is 4.74 Å². The van der Waals surface area contributed by atoms with Gasteiger partial charge in [-0.05, 0) is 42.7 Å². The molecular formula is C21H20F3N3O3. The molecule has 0 radical (unpaired) electrons. The van der Waals surface area contributed by atoms with Crippen LogP contribution < -0.4 is 0 Å². The monoisotopic (exact) mass is 419 g/mol. The van der Waals surface area contributed by atoms with Gasteiger partial charge in [0.05, 0.1) is 17.1 Å². The van der Waals surface area contributed by atoms with Gasteiger partial charge in [0, 0.05) is 25.3 Å². The van der Waals surface area contributed by atoms with Crippen molar-refractivity contribution in [2.24, 2.45) is 0 Å². The Labute approximate surface area is 170 Å². The number of fused-ring (bicyclic) bond motifs is 1. The number of rotatable bonds is 4. The smallest absolute Gasteiger partial charge is 0.381 e. The van der Waals surface area contributed by atoms with Crippen LogP contribution in [0.5, 0.6) is 0 Å². The highest BCUT2D eigenvalue weighted by Gasteiger charge is 2.37. The van der Waals surface area contributed by atoms with Gasteiger partial charge in [0.1, 0.15) is 0 Å². The lowest BCUT2D eigenvalue weighted by Gasteiger charge is -2.29. The quantitative estimate of drug-likeness (QED) is 0.511. The summed E-state index contributed by atoms with van der Waals surface area (Å²) in [5.41, 5.74) is 1.49. The highest BCUT2D eigenvalue weighted by Crippen LogP contribution is 2.32. The van der Waals surface area contributed by atoms with E-state index < -0.39 is 17.9 Å². The molecule has 2 heterocycles. The number of nitrogens with zero attached hydrogens (tertiary/aromatic N) is 3. The second kappa shape index (κ2) is 8.08. The summed E-state index contributed by atoms with van der Waals surface area (Å²) in [6.07, 6.45) is -3.49. The molecule has 1 N–H and O–H groups in total. The fraction of sp³-hybridized carbons (Fsp3) is 0.333. The number of alkyl halides is 3. The van der Waals surface area contributed by atoms with Crippen molar-refractivity contribution in [1.82, 2.24) is 14.6 Å². The van der Waals surface area contributed by atoms with E-state index in [2.05, 4.69) is 4.98 Å². The van der Waals surface area contributed by atoms with Crippen molar-refractivity contribution < 1.29 is 27.9 Å². The molecule has 0 spiro atoms. The largest absolute Gasteiger partial charge is 0.449 e. The van der Waals surface area contributed by atoms with Gasteiger partial charge in [0.2, 0.25) is 5.82 Å². The molecule has 0 atom stereocenters. The Morgan fingerprint density at radius 2 is 1.80 bits per heavy atom. The number of carbonyl (C=O) groups excluding carboxylic acids is 1. The molecule has 0 unspecified atom stereocenters. The summed E-state index contributed by atoms with van der Waals surface area (Å²) in [5.74, 6) is -1.51. The zero-order valence-corrected chi connectivity index (χ0v) is 16.0. The van der Waals surface area contributed by atoms with Gasteiger partial charge >= 0.3 is 6.18 Å². The van der Waals surface area contributed by atoms with Crippen LogP contribution in [0.2, 0.25) is 0 Å². The summed E-state index contributed by atoms with van der Waals surface area (Å²) in [6.45, 7) is 0.912. The summed E-state index contributed by atoms with van der Waals surface area (Å²) in [4.78, 5) is 16.2. The van der Waals surface area contributed by atoms with Crippen molar-refractivity contribution in [3.8, 4) is 0 Å². The van der Waals surface area contributed by atoms with Crippen LogP contribution in [0.1, 0.15) is 34.6 Å². The molecule has 1 fully saturated rings. The second-order valence-electron chi connectivity index (χ2n) is 7.20. The number of imidazole rings is 1. The van der Waals surface area contributed by atoms with Crippen LogP contribution in [0.3, 0.4) is 0 Å². The van der Waals surface area contributed by atoms with Crippen molar-refractivity contribution in [1.29, 1.82) is 0 Å². The zero-order valence-electron chi connectivity index (χ0n) is 16.0. The molecule has 1 aliphatic heterocycles. The van der Waals surface area contributed by atoms with Crippen molar-refractivity contribution in [2.75, 3.05) is 13.2 Å². The predicted molar refractivity (Wildman–Crippen MR) is 102 cm³/mol. The first-order valence-corrected chi connectivity index (χ1v) is 9.56. The summed E-state index contributed by atoms with van der Waals surface area (Å²) < 4.78 is 46.7. The molecule has 0 bridgehead atoms. The third-order valence-corrected chi connectivity index (χ3v) is 5.19. The first kappa shape index (κ1) is 20.4. The Morgan fingerprint density at radius 1 is 1.13 bits per heavy atom. The van der Waals surface area contributed by atoms with Crippen molar-refractivity contribution >= 4 is 16.9 Å². The van der Waals surface area contributed by atoms with Gasteiger partial charge in [-0.15, -0.1) is 0 Å². The van der Waals surface area contributed by atoms with Crippen LogP contribution in [-0.2, 0) is 17.5 Å². The molecule has 2 aromatic carbocycles. The van der Waals surface area contributed by atoms with Crippen LogP contribution in [0.25, 0.3) is 11.0 Å². The minimum atomic E-state index is -4.59. The van der Waals surface area contributed by atoms with Crippen LogP contribution in [-0.4, -0.2) is 45.0 Å². The molecule has 1 aliphatic rings. The second-order valence-corrected chi connectivity index (χ2v) is 7.20. The van der Waals surface area contributed by atoms with Gasteiger partial charge in [-0.3, -0.25) is 10.0 Å². The molecular weight excluding hydrogens is 399 g/mol. The van der Waals surface area contributed by atoms with E-state index in [-0.39, 0.29) is 23.7 Å². The summed E-state index contributed by atoms with van der Waals surface area (Å²) in [6, 6.07) is 12.3. The van der Waals surface area contributed by atoms with E-state index in [1.807, 2.05) is 0 Å². The minimum absolute atomic E-state index is 0.0490. The van der Waals surface area contributed by atoms with Gasteiger partial charge in [-0.1, -0.05) is 24.3 Å². The lowest BCUT2D eigenvalue weighted by atomic mass is 10.1. The van der Waals surface area contributed by atoms with E-state index in [1.54, 1.807) is 30.3 Å². The number of carbonyl (C=O) groups is 1. The highest BCUT2D eigenvalue weighted by atomic mass is 19.4. The number of hydrogen-bond donors (Lipinski definition) is 1. The average Bonchev–Trinajstić information content (AvgIpc) is 3.13. The van der Waals surface area contributed by atoms with Crippen molar-refractivity contribution in [3.63, 3.8) is 0 Å². The molecule has 158 valence electrons. The molecule has 1 amide bonds. The summed E-state index contributed by atoms with van der Waals surface area (Å²) in [7, 11) is 0. The first-order valence-electron chi connectivity index (χ1n) is 9.56. The molecule has 3 aromatic rings. The average molecular weight is 419 g/mol. The standard InChI is InChI=1S/C21H20F3N3O3/c22-21(23,24)20-25-17-3-1-2-4-18(17)26(20)13-14-5-7-15(8-6-14)19(28)27(29)16-9-11-30-12-10-16/h1-8,16,29H,9-13H2. The Bertz CT molecular complexity index is 1040. The Kier molecular flexibility index (Phi) is 5.48. The zero-order chi connectivity index (χ0) is 21.3. The maximum Gasteiger partial charge on any atom is 0.449 e. The molecule has 1 aromatic heterocycles. The van der Waals surface area contributed by atoms with Gasteiger partial charge < -0.3 is 9.30 Å². The first-order chi connectivity index (χ1) is 14.3. The fourth-order valence-electron chi connectivity index (χ4n) is 3.62. The fourth-order valence-corrected chi connectivity index (χ4v) is 3.62. The molecule has 9 heteroatoms. The maximum atomic E-state index is 13.5. The predicted octanol–water partition coefficient (Wildman–Crippen LogP) is 4.11. The van der Waals surface area contributed by atoms with Gasteiger partial charge in [0.15, 0.2) is 0 Å². The normalized spacial score (nSPS) is 15.5. The number of benzene rings is 2. The lowest BCUT2D eigenvalue weighted by Crippen LogP contribution is -2.41. The molecule has 0 aliphatic carbocycles. The molecule has 0 saturated carbocycles. The summed E-state index contributed by atoms with van der Waals surface area (Å²) in [5, 5.41) is 10.9. The number of hydrogen-bond acceptors (Lipinski definition) is 4. The van der Waals surface area contributed by atoms with Crippen LogP contribution in [0.15, 0.2) is 48.5 Å². The highest BCUT2D eigenvalue weighted by molar-refractivity contribution is 5.93. The van der Waals surface area contributed by atoms with E-state index >= 15 is 0 Å². The van der Waals surface area contributed by atoms with Gasteiger partial charge in [-0.2, -0.15) is 13.2 Å². The molecule has 30 heavy (non-hydrogen) atoms. The topological polar surface area (TPSA) is 67.6 Å². The Morgan fingerprint density at radius 3 is 2.47 bits per heavy atom. The van der Waals surface area contributed by atoms with Crippen molar-refractivity contribution in [2.45, 2.75) is 31.6 Å². The number of halogens is 3. The minimum Gasteiger partial charge on any atom is -0.381 e. The third kappa shape index (κ3) is 4.03. The van der Waals surface area contributed by atoms with Crippen LogP contribution >= 0.6 is 0 Å².